The van der Waals surface area contributed by atoms with E-state index in [1.807, 2.05) is 0 Å². The number of nitriles is 1. The molecule has 0 saturated heterocycles. The van der Waals surface area contributed by atoms with Gasteiger partial charge in [-0.15, -0.1) is 0 Å². The molecule has 0 spiro atoms. The standard InChI is InChI=1S/C14H10F7NOSe/c1-2-23-11(12(15,16)13(17,18)14(19,20)21)10(8-22)24-9-6-4-3-5-7-9/h3-7H,2H2,1H3/b11-10+. The van der Waals surface area contributed by atoms with E-state index in [9.17, 15) is 30.7 Å². The Morgan fingerprint density at radius 1 is 1.08 bits per heavy atom. The van der Waals surface area contributed by atoms with Gasteiger partial charge in [0.15, 0.2) is 0 Å². The quantitative estimate of drug-likeness (QED) is 0.305. The number of allylic oxidation sites excluding steroid dienone is 2. The van der Waals surface area contributed by atoms with Crippen LogP contribution in [0.2, 0.25) is 0 Å². The van der Waals surface area contributed by atoms with E-state index < -0.39 is 49.8 Å². The molecule has 0 unspecified atom stereocenters. The fraction of sp³-hybridized carbons (Fsp3) is 0.357. The summed E-state index contributed by atoms with van der Waals surface area (Å²) in [6.45, 7) is 0.529. The van der Waals surface area contributed by atoms with Crippen molar-refractivity contribution in [2.75, 3.05) is 6.61 Å². The SMILES string of the molecule is CCO/C(=C(\C#N)[Se]c1ccccc1)C(F)(F)C(F)(F)C(F)(F)F. The summed E-state index contributed by atoms with van der Waals surface area (Å²) in [6, 6.07) is 8.74. The van der Waals surface area contributed by atoms with E-state index in [0.717, 1.165) is 6.92 Å². The number of benzene rings is 1. The van der Waals surface area contributed by atoms with Crippen LogP contribution in [0.1, 0.15) is 6.92 Å². The van der Waals surface area contributed by atoms with Crippen molar-refractivity contribution < 1.29 is 35.5 Å². The van der Waals surface area contributed by atoms with E-state index in [1.54, 1.807) is 6.07 Å². The maximum absolute atomic E-state index is 13.9. The molecular formula is C14H10F7NOSe. The van der Waals surface area contributed by atoms with Crippen molar-refractivity contribution in [1.82, 2.24) is 0 Å². The second-order valence-electron chi connectivity index (χ2n) is 4.26. The van der Waals surface area contributed by atoms with E-state index in [4.69, 9.17) is 5.26 Å². The molecule has 0 radical (unpaired) electrons. The first-order chi connectivity index (χ1) is 11.0. The van der Waals surface area contributed by atoms with Gasteiger partial charge < -0.3 is 0 Å². The molecule has 0 fully saturated rings. The first kappa shape index (κ1) is 20.3. The van der Waals surface area contributed by atoms with Gasteiger partial charge in [-0.1, -0.05) is 0 Å². The molecule has 0 N–H and O–H groups in total. The third-order valence-electron chi connectivity index (χ3n) is 2.60. The number of nitrogens with zero attached hydrogens (tertiary/aromatic N) is 1. The maximum atomic E-state index is 13.9. The molecule has 1 aromatic rings. The topological polar surface area (TPSA) is 33.0 Å². The van der Waals surface area contributed by atoms with Gasteiger partial charge in [0.1, 0.15) is 0 Å². The summed E-state index contributed by atoms with van der Waals surface area (Å²) < 4.78 is 95.0. The molecule has 0 aliphatic carbocycles. The van der Waals surface area contributed by atoms with Crippen LogP contribution in [0.15, 0.2) is 40.6 Å². The number of halogens is 7. The van der Waals surface area contributed by atoms with Gasteiger partial charge in [0.2, 0.25) is 0 Å². The molecule has 0 aliphatic heterocycles. The molecule has 0 aromatic heterocycles. The van der Waals surface area contributed by atoms with Crippen molar-refractivity contribution in [3.63, 3.8) is 0 Å². The van der Waals surface area contributed by atoms with Crippen molar-refractivity contribution in [3.8, 4) is 6.07 Å². The van der Waals surface area contributed by atoms with Gasteiger partial charge in [-0.3, -0.25) is 0 Å². The van der Waals surface area contributed by atoms with Crippen molar-refractivity contribution in [2.45, 2.75) is 24.9 Å². The minimum atomic E-state index is -6.50. The summed E-state index contributed by atoms with van der Waals surface area (Å²) in [5, 5.41) is 8.98. The van der Waals surface area contributed by atoms with E-state index >= 15 is 0 Å². The second-order valence-corrected chi connectivity index (χ2v) is 6.54. The van der Waals surface area contributed by atoms with Crippen LogP contribution in [0.3, 0.4) is 0 Å². The van der Waals surface area contributed by atoms with E-state index in [2.05, 4.69) is 4.74 Å². The molecule has 0 aliphatic rings. The summed E-state index contributed by atoms with van der Waals surface area (Å²) in [5.41, 5.74) is 0. The Morgan fingerprint density at radius 2 is 1.62 bits per heavy atom. The minimum absolute atomic E-state index is 0.338. The van der Waals surface area contributed by atoms with Gasteiger partial charge in [0.05, 0.1) is 0 Å². The van der Waals surface area contributed by atoms with Gasteiger partial charge in [-0.25, -0.2) is 0 Å². The van der Waals surface area contributed by atoms with Crippen LogP contribution in [-0.4, -0.2) is 39.6 Å². The zero-order chi connectivity index (χ0) is 18.6. The van der Waals surface area contributed by atoms with Crippen LogP contribution in [0.25, 0.3) is 0 Å². The summed E-state index contributed by atoms with van der Waals surface area (Å²) in [4.78, 5) is 0. The van der Waals surface area contributed by atoms with Gasteiger partial charge in [-0.2, -0.15) is 0 Å². The van der Waals surface area contributed by atoms with Crippen LogP contribution in [0, 0.1) is 11.3 Å². The van der Waals surface area contributed by atoms with Crippen LogP contribution >= 0.6 is 0 Å². The van der Waals surface area contributed by atoms with Gasteiger partial charge in [0.25, 0.3) is 0 Å². The summed E-state index contributed by atoms with van der Waals surface area (Å²) in [5.74, 6) is -14.0. The zero-order valence-corrected chi connectivity index (χ0v) is 13.7. The molecule has 24 heavy (non-hydrogen) atoms. The number of hydrogen-bond acceptors (Lipinski definition) is 2. The normalized spacial score (nSPS) is 14.0. The molecule has 1 rings (SSSR count). The molecular weight excluding hydrogens is 410 g/mol. The van der Waals surface area contributed by atoms with Crippen molar-refractivity contribution in [3.05, 3.63) is 40.6 Å². The summed E-state index contributed by atoms with van der Waals surface area (Å²) in [6.07, 6.45) is -6.50. The molecule has 0 heterocycles. The second kappa shape index (κ2) is 7.45. The van der Waals surface area contributed by atoms with Crippen molar-refractivity contribution >= 4 is 19.4 Å². The van der Waals surface area contributed by atoms with Crippen molar-refractivity contribution in [1.29, 1.82) is 5.26 Å². The number of hydrogen-bond donors (Lipinski definition) is 0. The number of rotatable bonds is 6. The third kappa shape index (κ3) is 4.02. The summed E-state index contributed by atoms with van der Waals surface area (Å²) >= 11 is -1.23. The van der Waals surface area contributed by atoms with E-state index in [-0.39, 0.29) is 0 Å². The fourth-order valence-electron chi connectivity index (χ4n) is 1.49. The van der Waals surface area contributed by atoms with Crippen LogP contribution in [0.5, 0.6) is 0 Å². The third-order valence-corrected chi connectivity index (χ3v) is 4.67. The Bertz CT molecular complexity index is 635. The molecule has 0 saturated carbocycles. The van der Waals surface area contributed by atoms with E-state index in [0.29, 0.717) is 4.46 Å². The predicted molar refractivity (Wildman–Crippen MR) is 72.0 cm³/mol. The zero-order valence-electron chi connectivity index (χ0n) is 12.0. The Balaban J connectivity index is 3.44. The Hall–Kier alpha value is -1.72. The van der Waals surface area contributed by atoms with Crippen LogP contribution < -0.4 is 4.46 Å². The molecule has 0 bridgehead atoms. The Labute approximate surface area is 139 Å². The number of ether oxygens (including phenoxy) is 1. The molecule has 1 aromatic carbocycles. The molecule has 2 nitrogen and oxygen atoms in total. The molecule has 10 heteroatoms. The Kier molecular flexibility index (Phi) is 6.31. The van der Waals surface area contributed by atoms with Gasteiger partial charge in [-0.05, 0) is 0 Å². The first-order valence-electron chi connectivity index (χ1n) is 6.32. The fourth-order valence-corrected chi connectivity index (χ4v) is 3.28. The Morgan fingerprint density at radius 3 is 2.04 bits per heavy atom. The molecule has 0 amide bonds. The molecule has 0 atom stereocenters. The average Bonchev–Trinajstić information content (AvgIpc) is 2.50. The van der Waals surface area contributed by atoms with E-state index in [1.165, 1.54) is 30.3 Å². The number of alkyl halides is 7. The van der Waals surface area contributed by atoms with Crippen LogP contribution in [0.4, 0.5) is 30.7 Å². The first-order valence-corrected chi connectivity index (χ1v) is 8.03. The average molecular weight is 420 g/mol. The van der Waals surface area contributed by atoms with Gasteiger partial charge >= 0.3 is 138 Å². The van der Waals surface area contributed by atoms with Gasteiger partial charge in [0, 0.05) is 0 Å². The molecule has 132 valence electrons. The van der Waals surface area contributed by atoms with Crippen molar-refractivity contribution in [2.24, 2.45) is 0 Å². The predicted octanol–water partition coefficient (Wildman–Crippen LogP) is 3.62. The van der Waals surface area contributed by atoms with Crippen LogP contribution in [-0.2, 0) is 4.74 Å². The monoisotopic (exact) mass is 421 g/mol. The summed E-state index contributed by atoms with van der Waals surface area (Å²) in [7, 11) is 0.